The number of methoxy groups -OCH3 is 1. The van der Waals surface area contributed by atoms with Crippen LogP contribution < -0.4 is 10.5 Å². The third kappa shape index (κ3) is 2.47. The highest BCUT2D eigenvalue weighted by Crippen LogP contribution is 2.35. The Kier molecular flexibility index (Phi) is 3.84. The normalized spacial score (nSPS) is 10.4. The fourth-order valence-corrected chi connectivity index (χ4v) is 2.02. The lowest BCUT2D eigenvalue weighted by Crippen LogP contribution is -1.98. The SMILES string of the molecule is COc1ccc(CN)cc1-c1cc(F)ccc1Cl. The van der Waals surface area contributed by atoms with Crippen molar-refractivity contribution in [1.29, 1.82) is 0 Å². The molecule has 0 spiro atoms. The van der Waals surface area contributed by atoms with Crippen molar-refractivity contribution in [1.82, 2.24) is 0 Å². The third-order valence-corrected chi connectivity index (χ3v) is 3.05. The molecule has 4 heteroatoms. The number of benzene rings is 2. The van der Waals surface area contributed by atoms with Crippen LogP contribution in [0.1, 0.15) is 5.56 Å². The molecule has 0 saturated heterocycles. The third-order valence-electron chi connectivity index (χ3n) is 2.72. The molecule has 18 heavy (non-hydrogen) atoms. The summed E-state index contributed by atoms with van der Waals surface area (Å²) in [6.45, 7) is 0.407. The molecular weight excluding hydrogens is 253 g/mol. The summed E-state index contributed by atoms with van der Waals surface area (Å²) in [5.74, 6) is 0.300. The predicted octanol–water partition coefficient (Wildman–Crippen LogP) is 3.61. The summed E-state index contributed by atoms with van der Waals surface area (Å²) >= 11 is 6.10. The van der Waals surface area contributed by atoms with E-state index in [4.69, 9.17) is 22.1 Å². The van der Waals surface area contributed by atoms with Crippen molar-refractivity contribution in [2.45, 2.75) is 6.54 Å². The summed E-state index contributed by atoms with van der Waals surface area (Å²) in [6.07, 6.45) is 0. The van der Waals surface area contributed by atoms with Crippen molar-refractivity contribution in [3.8, 4) is 16.9 Å². The molecule has 2 nitrogen and oxygen atoms in total. The van der Waals surface area contributed by atoms with Gasteiger partial charge >= 0.3 is 0 Å². The standard InChI is InChI=1S/C14H13ClFNO/c1-18-14-5-2-9(8-17)6-12(14)11-7-10(16)3-4-13(11)15/h2-7H,8,17H2,1H3. The highest BCUT2D eigenvalue weighted by Gasteiger charge is 2.11. The molecule has 0 aliphatic rings. The van der Waals surface area contributed by atoms with Crippen molar-refractivity contribution in [3.63, 3.8) is 0 Å². The van der Waals surface area contributed by atoms with Gasteiger partial charge in [0.1, 0.15) is 11.6 Å². The lowest BCUT2D eigenvalue weighted by atomic mass is 10.0. The summed E-state index contributed by atoms with van der Waals surface area (Å²) in [7, 11) is 1.56. The lowest BCUT2D eigenvalue weighted by molar-refractivity contribution is 0.416. The minimum Gasteiger partial charge on any atom is -0.496 e. The van der Waals surface area contributed by atoms with Crippen LogP contribution in [-0.4, -0.2) is 7.11 Å². The van der Waals surface area contributed by atoms with E-state index in [0.717, 1.165) is 11.1 Å². The summed E-state index contributed by atoms with van der Waals surface area (Å²) in [5, 5.41) is 0.476. The second-order valence-electron chi connectivity index (χ2n) is 3.86. The molecular formula is C14H13ClFNO. The second kappa shape index (κ2) is 5.38. The Morgan fingerprint density at radius 1 is 1.17 bits per heavy atom. The molecule has 0 aliphatic carbocycles. The van der Waals surface area contributed by atoms with E-state index in [1.54, 1.807) is 13.2 Å². The Morgan fingerprint density at radius 3 is 2.61 bits per heavy atom. The van der Waals surface area contributed by atoms with Crippen LogP contribution in [0.25, 0.3) is 11.1 Å². The van der Waals surface area contributed by atoms with E-state index in [0.29, 0.717) is 22.9 Å². The van der Waals surface area contributed by atoms with Gasteiger partial charge < -0.3 is 10.5 Å². The Balaban J connectivity index is 2.64. The van der Waals surface area contributed by atoms with Gasteiger partial charge in [0.05, 0.1) is 7.11 Å². The van der Waals surface area contributed by atoms with Gasteiger partial charge in [-0.2, -0.15) is 0 Å². The summed E-state index contributed by atoms with van der Waals surface area (Å²) < 4.78 is 18.6. The van der Waals surface area contributed by atoms with Crippen LogP contribution in [0.3, 0.4) is 0 Å². The molecule has 0 bridgehead atoms. The highest BCUT2D eigenvalue weighted by molar-refractivity contribution is 6.33. The summed E-state index contributed by atoms with van der Waals surface area (Å²) in [6, 6.07) is 9.78. The maximum atomic E-state index is 13.3. The van der Waals surface area contributed by atoms with Crippen LogP contribution in [0.5, 0.6) is 5.75 Å². The van der Waals surface area contributed by atoms with Gasteiger partial charge in [-0.3, -0.25) is 0 Å². The minimum absolute atomic E-state index is 0.338. The van der Waals surface area contributed by atoms with E-state index in [-0.39, 0.29) is 5.82 Å². The van der Waals surface area contributed by atoms with Gasteiger partial charge in [-0.05, 0) is 35.9 Å². The van der Waals surface area contributed by atoms with Crippen molar-refractivity contribution in [2.75, 3.05) is 7.11 Å². The summed E-state index contributed by atoms with van der Waals surface area (Å²) in [5.41, 5.74) is 7.89. The van der Waals surface area contributed by atoms with Crippen molar-refractivity contribution < 1.29 is 9.13 Å². The minimum atomic E-state index is -0.338. The van der Waals surface area contributed by atoms with Crippen LogP contribution >= 0.6 is 11.6 Å². The molecule has 0 amide bonds. The summed E-state index contributed by atoms with van der Waals surface area (Å²) in [4.78, 5) is 0. The molecule has 94 valence electrons. The monoisotopic (exact) mass is 265 g/mol. The molecule has 0 aromatic heterocycles. The van der Waals surface area contributed by atoms with Crippen molar-refractivity contribution >= 4 is 11.6 Å². The Hall–Kier alpha value is -1.58. The fourth-order valence-electron chi connectivity index (χ4n) is 1.80. The van der Waals surface area contributed by atoms with Crippen LogP contribution in [0.2, 0.25) is 5.02 Å². The maximum absolute atomic E-state index is 13.3. The molecule has 2 rings (SSSR count). The van der Waals surface area contributed by atoms with Crippen molar-refractivity contribution in [3.05, 3.63) is 52.8 Å². The zero-order chi connectivity index (χ0) is 13.1. The number of ether oxygens (including phenoxy) is 1. The van der Waals surface area contributed by atoms with Crippen LogP contribution in [0.15, 0.2) is 36.4 Å². The smallest absolute Gasteiger partial charge is 0.126 e. The zero-order valence-electron chi connectivity index (χ0n) is 9.91. The van der Waals surface area contributed by atoms with E-state index in [2.05, 4.69) is 0 Å². The predicted molar refractivity (Wildman–Crippen MR) is 71.3 cm³/mol. The number of hydrogen-bond donors (Lipinski definition) is 1. The quantitative estimate of drug-likeness (QED) is 0.920. The average molecular weight is 266 g/mol. The van der Waals surface area contributed by atoms with E-state index in [9.17, 15) is 4.39 Å². The fraction of sp³-hybridized carbons (Fsp3) is 0.143. The highest BCUT2D eigenvalue weighted by atomic mass is 35.5. The number of nitrogens with two attached hydrogens (primary N) is 1. The lowest BCUT2D eigenvalue weighted by Gasteiger charge is -2.12. The topological polar surface area (TPSA) is 35.2 Å². The molecule has 0 atom stereocenters. The van der Waals surface area contributed by atoms with Crippen LogP contribution in [0.4, 0.5) is 4.39 Å². The van der Waals surface area contributed by atoms with Crippen LogP contribution in [0, 0.1) is 5.82 Å². The van der Waals surface area contributed by atoms with Gasteiger partial charge in [-0.1, -0.05) is 17.7 Å². The zero-order valence-corrected chi connectivity index (χ0v) is 10.7. The molecule has 0 radical (unpaired) electrons. The number of hydrogen-bond acceptors (Lipinski definition) is 2. The first-order chi connectivity index (χ1) is 8.65. The first kappa shape index (κ1) is 12.9. The van der Waals surface area contributed by atoms with E-state index < -0.39 is 0 Å². The van der Waals surface area contributed by atoms with Gasteiger partial charge in [0.15, 0.2) is 0 Å². The van der Waals surface area contributed by atoms with E-state index in [1.165, 1.54) is 18.2 Å². The van der Waals surface area contributed by atoms with E-state index >= 15 is 0 Å². The Labute approximate surface area is 110 Å². The molecule has 0 fully saturated rings. The average Bonchev–Trinajstić information content (AvgIpc) is 2.40. The molecule has 0 unspecified atom stereocenters. The van der Waals surface area contributed by atoms with Gasteiger partial charge in [-0.15, -0.1) is 0 Å². The van der Waals surface area contributed by atoms with E-state index in [1.807, 2.05) is 12.1 Å². The first-order valence-corrected chi connectivity index (χ1v) is 5.86. The molecule has 2 aromatic rings. The second-order valence-corrected chi connectivity index (χ2v) is 4.27. The maximum Gasteiger partial charge on any atom is 0.126 e. The Morgan fingerprint density at radius 2 is 1.94 bits per heavy atom. The largest absolute Gasteiger partial charge is 0.496 e. The molecule has 2 N–H and O–H groups in total. The molecule has 0 saturated carbocycles. The van der Waals surface area contributed by atoms with Gasteiger partial charge in [0.2, 0.25) is 0 Å². The van der Waals surface area contributed by atoms with Crippen molar-refractivity contribution in [2.24, 2.45) is 5.73 Å². The van der Waals surface area contributed by atoms with Gasteiger partial charge in [-0.25, -0.2) is 4.39 Å². The van der Waals surface area contributed by atoms with Crippen LogP contribution in [-0.2, 0) is 6.54 Å². The molecule has 0 aliphatic heterocycles. The van der Waals surface area contributed by atoms with Gasteiger partial charge in [0.25, 0.3) is 0 Å². The van der Waals surface area contributed by atoms with Gasteiger partial charge in [0, 0.05) is 22.7 Å². The molecule has 0 heterocycles. The Bertz CT molecular complexity index is 572. The first-order valence-electron chi connectivity index (χ1n) is 5.48. The molecule has 2 aromatic carbocycles. The number of halogens is 2. The number of rotatable bonds is 3.